The molecule has 1 fully saturated rings. The number of ether oxygens (including phenoxy) is 2. The van der Waals surface area contributed by atoms with Crippen molar-refractivity contribution in [2.45, 2.75) is 51.3 Å². The van der Waals surface area contributed by atoms with Crippen LogP contribution in [0.3, 0.4) is 0 Å². The average molecular weight is 253 g/mol. The first kappa shape index (κ1) is 13.4. The van der Waals surface area contributed by atoms with E-state index in [2.05, 4.69) is 18.9 Å². The number of aromatic nitrogens is 2. The highest BCUT2D eigenvalue weighted by atomic mass is 16.5. The monoisotopic (exact) mass is 253 g/mol. The van der Waals surface area contributed by atoms with E-state index in [-0.39, 0.29) is 11.6 Å². The van der Waals surface area contributed by atoms with Gasteiger partial charge in [0.1, 0.15) is 0 Å². The molecule has 1 aromatic rings. The first-order chi connectivity index (χ1) is 8.62. The first-order valence-electron chi connectivity index (χ1n) is 6.61. The maximum Gasteiger partial charge on any atom is 0.161 e. The minimum absolute atomic E-state index is 0.205. The van der Waals surface area contributed by atoms with E-state index in [4.69, 9.17) is 15.2 Å². The lowest BCUT2D eigenvalue weighted by Crippen LogP contribution is -2.39. The van der Waals surface area contributed by atoms with E-state index in [0.29, 0.717) is 0 Å². The second kappa shape index (κ2) is 5.28. The Kier molecular flexibility index (Phi) is 3.92. The van der Waals surface area contributed by atoms with E-state index in [9.17, 15) is 0 Å². The lowest BCUT2D eigenvalue weighted by Gasteiger charge is -2.31. The minimum atomic E-state index is -0.307. The van der Waals surface area contributed by atoms with Crippen molar-refractivity contribution in [3.8, 4) is 5.75 Å². The van der Waals surface area contributed by atoms with Gasteiger partial charge < -0.3 is 15.2 Å². The van der Waals surface area contributed by atoms with Crippen LogP contribution in [0.4, 0.5) is 0 Å². The minimum Gasteiger partial charge on any atom is -0.493 e. The van der Waals surface area contributed by atoms with Crippen molar-refractivity contribution in [1.82, 2.24) is 9.78 Å². The van der Waals surface area contributed by atoms with Gasteiger partial charge in [-0.25, -0.2) is 0 Å². The van der Waals surface area contributed by atoms with E-state index in [0.717, 1.165) is 43.9 Å². The van der Waals surface area contributed by atoms with Crippen LogP contribution in [-0.4, -0.2) is 29.1 Å². The second-order valence-corrected chi connectivity index (χ2v) is 5.06. The Bertz CT molecular complexity index is 397. The summed E-state index contributed by atoms with van der Waals surface area (Å²) in [7, 11) is 1.65. The quantitative estimate of drug-likeness (QED) is 0.870. The summed E-state index contributed by atoms with van der Waals surface area (Å²) in [4.78, 5) is 0. The largest absolute Gasteiger partial charge is 0.493 e. The summed E-state index contributed by atoms with van der Waals surface area (Å²) in [5, 5.41) is 4.36. The lowest BCUT2D eigenvalue weighted by molar-refractivity contribution is -0.00444. The molecule has 2 atom stereocenters. The highest BCUT2D eigenvalue weighted by Gasteiger charge is 2.40. The van der Waals surface area contributed by atoms with E-state index in [1.807, 2.05) is 4.68 Å². The number of methoxy groups -OCH3 is 1. The van der Waals surface area contributed by atoms with E-state index in [1.54, 1.807) is 13.3 Å². The summed E-state index contributed by atoms with van der Waals surface area (Å²) in [5.41, 5.74) is 7.06. The summed E-state index contributed by atoms with van der Waals surface area (Å²) < 4.78 is 13.2. The van der Waals surface area contributed by atoms with E-state index >= 15 is 0 Å². The van der Waals surface area contributed by atoms with E-state index in [1.165, 1.54) is 0 Å². The Balaban J connectivity index is 2.32. The Hall–Kier alpha value is -1.07. The zero-order chi connectivity index (χ0) is 13.2. The van der Waals surface area contributed by atoms with Crippen LogP contribution in [0.5, 0.6) is 5.75 Å². The van der Waals surface area contributed by atoms with Gasteiger partial charge in [0.2, 0.25) is 0 Å². The molecule has 0 amide bonds. The van der Waals surface area contributed by atoms with Gasteiger partial charge in [-0.05, 0) is 26.2 Å². The van der Waals surface area contributed by atoms with Gasteiger partial charge >= 0.3 is 0 Å². The molecular weight excluding hydrogens is 230 g/mol. The van der Waals surface area contributed by atoms with Crippen LogP contribution in [0.25, 0.3) is 0 Å². The Labute approximate surface area is 108 Å². The first-order valence-corrected chi connectivity index (χ1v) is 6.61. The average Bonchev–Trinajstić information content (AvgIpc) is 2.96. The van der Waals surface area contributed by atoms with Gasteiger partial charge in [0.15, 0.2) is 5.75 Å². The molecule has 2 N–H and O–H groups in total. The summed E-state index contributed by atoms with van der Waals surface area (Å²) in [6.07, 6.45) is 4.80. The van der Waals surface area contributed by atoms with Crippen molar-refractivity contribution in [2.24, 2.45) is 5.73 Å². The van der Waals surface area contributed by atoms with Crippen molar-refractivity contribution in [2.75, 3.05) is 13.7 Å². The summed E-state index contributed by atoms with van der Waals surface area (Å²) in [6, 6.07) is -0.205. The number of hydrogen-bond acceptors (Lipinski definition) is 4. The molecule has 0 radical (unpaired) electrons. The lowest BCUT2D eigenvalue weighted by atomic mass is 9.91. The molecule has 0 aliphatic carbocycles. The van der Waals surface area contributed by atoms with Crippen molar-refractivity contribution in [1.29, 1.82) is 0 Å². The number of aryl methyl sites for hydroxylation is 1. The van der Waals surface area contributed by atoms with Crippen molar-refractivity contribution in [3.05, 3.63) is 11.9 Å². The summed E-state index contributed by atoms with van der Waals surface area (Å²) >= 11 is 0. The van der Waals surface area contributed by atoms with E-state index < -0.39 is 0 Å². The zero-order valence-electron chi connectivity index (χ0n) is 11.5. The fraction of sp³-hybridized carbons (Fsp3) is 0.769. The fourth-order valence-corrected chi connectivity index (χ4v) is 2.57. The highest BCUT2D eigenvalue weighted by molar-refractivity contribution is 5.30. The second-order valence-electron chi connectivity index (χ2n) is 5.06. The third kappa shape index (κ3) is 2.24. The van der Waals surface area contributed by atoms with Gasteiger partial charge in [-0.2, -0.15) is 5.10 Å². The molecule has 1 aliphatic rings. The molecule has 1 saturated heterocycles. The van der Waals surface area contributed by atoms with Gasteiger partial charge in [-0.3, -0.25) is 4.68 Å². The fourth-order valence-electron chi connectivity index (χ4n) is 2.57. The maximum atomic E-state index is 6.42. The predicted molar refractivity (Wildman–Crippen MR) is 69.6 cm³/mol. The summed E-state index contributed by atoms with van der Waals surface area (Å²) in [5.74, 6) is 0.757. The van der Waals surface area contributed by atoms with Crippen LogP contribution in [0.1, 0.15) is 44.8 Å². The predicted octanol–water partition coefficient (Wildman–Crippen LogP) is 1.87. The van der Waals surface area contributed by atoms with Gasteiger partial charge in [-0.1, -0.05) is 6.92 Å². The molecule has 5 nitrogen and oxygen atoms in total. The van der Waals surface area contributed by atoms with Crippen LogP contribution in [-0.2, 0) is 11.3 Å². The number of hydrogen-bond donors (Lipinski definition) is 1. The molecule has 102 valence electrons. The van der Waals surface area contributed by atoms with Crippen molar-refractivity contribution >= 4 is 0 Å². The zero-order valence-corrected chi connectivity index (χ0v) is 11.5. The standard InChI is InChI=1S/C13H23N3O2/c1-4-7-16-11(10(17-3)9-15-16)12(14)13(2)6-5-8-18-13/h9,12H,4-8,14H2,1-3H3. The number of rotatable bonds is 5. The van der Waals surface area contributed by atoms with Crippen LogP contribution >= 0.6 is 0 Å². The molecule has 2 heterocycles. The molecule has 0 spiro atoms. The van der Waals surface area contributed by atoms with Gasteiger partial charge in [0.25, 0.3) is 0 Å². The third-order valence-corrected chi connectivity index (χ3v) is 3.70. The third-order valence-electron chi connectivity index (χ3n) is 3.70. The van der Waals surface area contributed by atoms with Gasteiger partial charge in [0.05, 0.1) is 30.6 Å². The van der Waals surface area contributed by atoms with Gasteiger partial charge in [0, 0.05) is 13.2 Å². The molecular formula is C13H23N3O2. The van der Waals surface area contributed by atoms with Crippen molar-refractivity contribution in [3.63, 3.8) is 0 Å². The van der Waals surface area contributed by atoms with Gasteiger partial charge in [-0.15, -0.1) is 0 Å². The van der Waals surface area contributed by atoms with Crippen LogP contribution < -0.4 is 10.5 Å². The topological polar surface area (TPSA) is 62.3 Å². The molecule has 0 bridgehead atoms. The molecule has 0 saturated carbocycles. The number of nitrogens with two attached hydrogens (primary N) is 1. The number of nitrogens with zero attached hydrogens (tertiary/aromatic N) is 2. The Morgan fingerprint density at radius 2 is 2.44 bits per heavy atom. The molecule has 2 rings (SSSR count). The maximum absolute atomic E-state index is 6.42. The van der Waals surface area contributed by atoms with Crippen LogP contribution in [0, 0.1) is 0 Å². The summed E-state index contributed by atoms with van der Waals surface area (Å²) in [6.45, 7) is 5.83. The van der Waals surface area contributed by atoms with Crippen LogP contribution in [0.15, 0.2) is 6.20 Å². The highest BCUT2D eigenvalue weighted by Crippen LogP contribution is 2.38. The molecule has 0 aromatic carbocycles. The molecule has 5 heteroatoms. The molecule has 1 aromatic heterocycles. The molecule has 1 aliphatic heterocycles. The molecule has 2 unspecified atom stereocenters. The SMILES string of the molecule is CCCn1ncc(OC)c1C(N)C1(C)CCCO1. The molecule has 18 heavy (non-hydrogen) atoms. The van der Waals surface area contributed by atoms with Crippen LogP contribution in [0.2, 0.25) is 0 Å². The smallest absolute Gasteiger partial charge is 0.161 e. The Morgan fingerprint density at radius 1 is 1.67 bits per heavy atom. The Morgan fingerprint density at radius 3 is 3.00 bits per heavy atom. The van der Waals surface area contributed by atoms with Crippen molar-refractivity contribution < 1.29 is 9.47 Å². The normalized spacial score (nSPS) is 25.3.